The first-order chi connectivity index (χ1) is 4.77. The first-order valence-corrected chi connectivity index (χ1v) is 3.80. The third-order valence-corrected chi connectivity index (χ3v) is 1.10. The third kappa shape index (κ3) is 7.63. The molecule has 0 aromatic heterocycles. The van der Waals surface area contributed by atoms with E-state index in [4.69, 9.17) is 4.74 Å². The molecule has 1 heterocycles. The zero-order chi connectivity index (χ0) is 7.82. The van der Waals surface area contributed by atoms with Crippen LogP contribution in [0.1, 0.15) is 26.7 Å². The highest BCUT2D eigenvalue weighted by Crippen LogP contribution is 1.98. The van der Waals surface area contributed by atoms with Crippen LogP contribution in [0.4, 0.5) is 0 Å². The molecule has 0 radical (unpaired) electrons. The Kier molecular flexibility index (Phi) is 6.50. The molecule has 1 fully saturated rings. The lowest BCUT2D eigenvalue weighted by atomic mass is 10.3. The van der Waals surface area contributed by atoms with Crippen LogP contribution in [0, 0.1) is 5.92 Å². The van der Waals surface area contributed by atoms with Gasteiger partial charge in [0.2, 0.25) is 0 Å². The number of carbonyl (C=O) groups excluding carboxylic acids is 1. The number of rotatable bonds is 1. The van der Waals surface area contributed by atoms with Crippen LogP contribution < -0.4 is 0 Å². The topological polar surface area (TPSA) is 26.3 Å². The van der Waals surface area contributed by atoms with Gasteiger partial charge >= 0.3 is 0 Å². The molecule has 0 bridgehead atoms. The van der Waals surface area contributed by atoms with Crippen LogP contribution in [0.3, 0.4) is 0 Å². The largest absolute Gasteiger partial charge is 0.381 e. The molecule has 0 unspecified atom stereocenters. The lowest BCUT2D eigenvalue weighted by Crippen LogP contribution is -1.82. The van der Waals surface area contributed by atoms with Gasteiger partial charge in [0.25, 0.3) is 0 Å². The van der Waals surface area contributed by atoms with E-state index < -0.39 is 0 Å². The average molecular weight is 144 g/mol. The van der Waals surface area contributed by atoms with Crippen molar-refractivity contribution in [3.05, 3.63) is 0 Å². The standard InChI is InChI=1S/2C4H8O/c1-2-4-5-3-1;1-4(2)3-5/h1-4H2;3-4H,1-2H3. The van der Waals surface area contributed by atoms with Gasteiger partial charge in [-0.1, -0.05) is 13.8 Å². The summed E-state index contributed by atoms with van der Waals surface area (Å²) in [7, 11) is 0. The second kappa shape index (κ2) is 6.75. The molecule has 0 aliphatic carbocycles. The van der Waals surface area contributed by atoms with Crippen molar-refractivity contribution in [1.29, 1.82) is 0 Å². The predicted molar refractivity (Wildman–Crippen MR) is 41.0 cm³/mol. The highest BCUT2D eigenvalue weighted by atomic mass is 16.5. The molecular weight excluding hydrogens is 128 g/mol. The molecule has 10 heavy (non-hydrogen) atoms. The molecule has 1 aliphatic heterocycles. The van der Waals surface area contributed by atoms with E-state index in [0.29, 0.717) is 0 Å². The lowest BCUT2D eigenvalue weighted by Gasteiger charge is -1.78. The Morgan fingerprint density at radius 1 is 1.30 bits per heavy atom. The van der Waals surface area contributed by atoms with Crippen molar-refractivity contribution >= 4 is 6.29 Å². The van der Waals surface area contributed by atoms with E-state index in [-0.39, 0.29) is 5.92 Å². The summed E-state index contributed by atoms with van der Waals surface area (Å²) in [4.78, 5) is 9.50. The van der Waals surface area contributed by atoms with Gasteiger partial charge in [-0.05, 0) is 12.8 Å². The summed E-state index contributed by atoms with van der Waals surface area (Å²) in [5, 5.41) is 0. The zero-order valence-electron chi connectivity index (χ0n) is 6.80. The molecule has 2 nitrogen and oxygen atoms in total. The normalized spacial score (nSPS) is 16.3. The molecule has 0 aromatic rings. The maximum absolute atomic E-state index is 9.50. The molecule has 1 aliphatic rings. The maximum Gasteiger partial charge on any atom is 0.122 e. The fraction of sp³-hybridized carbons (Fsp3) is 0.875. The molecule has 1 saturated heterocycles. The lowest BCUT2D eigenvalue weighted by molar-refractivity contribution is -0.110. The monoisotopic (exact) mass is 144 g/mol. The van der Waals surface area contributed by atoms with Crippen molar-refractivity contribution in [3.8, 4) is 0 Å². The number of hydrogen-bond donors (Lipinski definition) is 0. The van der Waals surface area contributed by atoms with Crippen molar-refractivity contribution in [2.24, 2.45) is 5.92 Å². The second-order valence-electron chi connectivity index (χ2n) is 2.70. The minimum Gasteiger partial charge on any atom is -0.381 e. The van der Waals surface area contributed by atoms with Crippen molar-refractivity contribution < 1.29 is 9.53 Å². The summed E-state index contributed by atoms with van der Waals surface area (Å²) in [6, 6.07) is 0. The molecule has 0 atom stereocenters. The molecule has 0 amide bonds. The van der Waals surface area contributed by atoms with Gasteiger partial charge in [-0.2, -0.15) is 0 Å². The second-order valence-corrected chi connectivity index (χ2v) is 2.70. The van der Waals surface area contributed by atoms with Gasteiger partial charge in [0.1, 0.15) is 6.29 Å². The van der Waals surface area contributed by atoms with E-state index in [9.17, 15) is 4.79 Å². The fourth-order valence-corrected chi connectivity index (χ4v) is 0.510. The zero-order valence-corrected chi connectivity index (χ0v) is 6.80. The Morgan fingerprint density at radius 2 is 1.70 bits per heavy atom. The smallest absolute Gasteiger partial charge is 0.122 e. The minimum atomic E-state index is 0.204. The Labute approximate surface area is 62.6 Å². The Morgan fingerprint density at radius 3 is 1.80 bits per heavy atom. The number of carbonyl (C=O) groups is 1. The van der Waals surface area contributed by atoms with Gasteiger partial charge in [-0.25, -0.2) is 0 Å². The van der Waals surface area contributed by atoms with Crippen LogP contribution >= 0.6 is 0 Å². The summed E-state index contributed by atoms with van der Waals surface area (Å²) < 4.78 is 4.94. The van der Waals surface area contributed by atoms with Gasteiger partial charge in [0.15, 0.2) is 0 Å². The number of ether oxygens (including phenoxy) is 1. The van der Waals surface area contributed by atoms with Gasteiger partial charge in [-0.3, -0.25) is 0 Å². The van der Waals surface area contributed by atoms with Crippen LogP contribution in [0.5, 0.6) is 0 Å². The van der Waals surface area contributed by atoms with Crippen LogP contribution in [0.15, 0.2) is 0 Å². The quantitative estimate of drug-likeness (QED) is 0.523. The highest BCUT2D eigenvalue weighted by molar-refractivity contribution is 5.51. The van der Waals surface area contributed by atoms with Crippen molar-refractivity contribution in [2.45, 2.75) is 26.7 Å². The van der Waals surface area contributed by atoms with E-state index >= 15 is 0 Å². The number of hydrogen-bond acceptors (Lipinski definition) is 2. The molecule has 0 saturated carbocycles. The summed E-state index contributed by atoms with van der Waals surface area (Å²) in [6.07, 6.45) is 3.47. The maximum atomic E-state index is 9.50. The molecule has 0 aromatic carbocycles. The average Bonchev–Trinajstić information content (AvgIpc) is 2.43. The van der Waals surface area contributed by atoms with Gasteiger partial charge < -0.3 is 9.53 Å². The highest BCUT2D eigenvalue weighted by Gasteiger charge is 1.94. The Balaban J connectivity index is 0.000000162. The van der Waals surface area contributed by atoms with Crippen LogP contribution in [-0.4, -0.2) is 19.5 Å². The van der Waals surface area contributed by atoms with E-state index in [1.54, 1.807) is 0 Å². The number of aldehydes is 1. The van der Waals surface area contributed by atoms with Crippen molar-refractivity contribution in [2.75, 3.05) is 13.2 Å². The Bertz CT molecular complexity index is 67.7. The molecule has 2 heteroatoms. The van der Waals surface area contributed by atoms with E-state index in [1.807, 2.05) is 13.8 Å². The fourth-order valence-electron chi connectivity index (χ4n) is 0.510. The van der Waals surface area contributed by atoms with Gasteiger partial charge in [0, 0.05) is 19.1 Å². The van der Waals surface area contributed by atoms with Gasteiger partial charge in [0.05, 0.1) is 0 Å². The summed E-state index contributed by atoms with van der Waals surface area (Å²) in [6.45, 7) is 5.71. The van der Waals surface area contributed by atoms with Crippen LogP contribution in [0.2, 0.25) is 0 Å². The summed E-state index contributed by atoms with van der Waals surface area (Å²) >= 11 is 0. The minimum absolute atomic E-state index is 0.204. The van der Waals surface area contributed by atoms with Gasteiger partial charge in [-0.15, -0.1) is 0 Å². The molecular formula is C8H16O2. The predicted octanol–water partition coefficient (Wildman–Crippen LogP) is 1.64. The van der Waals surface area contributed by atoms with E-state index in [1.165, 1.54) is 12.8 Å². The first-order valence-electron chi connectivity index (χ1n) is 3.80. The molecule has 60 valence electrons. The summed E-state index contributed by atoms with van der Waals surface area (Å²) in [5.74, 6) is 0.204. The van der Waals surface area contributed by atoms with Crippen molar-refractivity contribution in [1.82, 2.24) is 0 Å². The third-order valence-electron chi connectivity index (χ3n) is 1.10. The van der Waals surface area contributed by atoms with Crippen LogP contribution in [-0.2, 0) is 9.53 Å². The van der Waals surface area contributed by atoms with E-state index in [2.05, 4.69) is 0 Å². The first kappa shape index (κ1) is 9.63. The van der Waals surface area contributed by atoms with Crippen molar-refractivity contribution in [3.63, 3.8) is 0 Å². The van der Waals surface area contributed by atoms with E-state index in [0.717, 1.165) is 19.5 Å². The summed E-state index contributed by atoms with van der Waals surface area (Å²) in [5.41, 5.74) is 0. The Hall–Kier alpha value is -0.370. The molecule has 1 rings (SSSR count). The SMILES string of the molecule is C1CCOC1.CC(C)C=O. The molecule has 0 N–H and O–H groups in total. The molecule has 0 spiro atoms. The van der Waals surface area contributed by atoms with Crippen LogP contribution in [0.25, 0.3) is 0 Å².